The summed E-state index contributed by atoms with van der Waals surface area (Å²) in [5.74, 6) is 0.514. The lowest BCUT2D eigenvalue weighted by molar-refractivity contribution is 0.228. The lowest BCUT2D eigenvalue weighted by atomic mass is 9.85. The van der Waals surface area contributed by atoms with E-state index in [9.17, 15) is 0 Å². The molecule has 4 heteroatoms. The Morgan fingerprint density at radius 2 is 2.08 bits per heavy atom. The van der Waals surface area contributed by atoms with Crippen LogP contribution in [0.4, 0.5) is 0 Å². The molecule has 2 aromatic rings. The first kappa shape index (κ1) is 15.7. The van der Waals surface area contributed by atoms with Gasteiger partial charge in [-0.1, -0.05) is 25.1 Å². The fourth-order valence-electron chi connectivity index (χ4n) is 4.65. The Morgan fingerprint density at radius 3 is 2.88 bits per heavy atom. The standard InChI is InChI=1S/C20H28N4/c1-4-11-23-12-10-17-16(13-23)20(22-21-17)19-14(3)24(5-2)18-9-7-6-8-15(18)19/h6-9,16,20,22H,4-5,10-13H2,1-3H3. The fraction of sp³-hybridized carbons (Fsp3) is 0.550. The van der Waals surface area contributed by atoms with Gasteiger partial charge in [0.25, 0.3) is 0 Å². The van der Waals surface area contributed by atoms with Crippen LogP contribution < -0.4 is 5.43 Å². The van der Waals surface area contributed by atoms with Gasteiger partial charge in [-0.3, -0.25) is 0 Å². The van der Waals surface area contributed by atoms with Crippen LogP contribution in [0.1, 0.15) is 44.0 Å². The maximum Gasteiger partial charge on any atom is 0.0806 e. The van der Waals surface area contributed by atoms with Crippen molar-refractivity contribution in [3.05, 3.63) is 35.5 Å². The summed E-state index contributed by atoms with van der Waals surface area (Å²) in [5.41, 5.74) is 9.06. The fourth-order valence-corrected chi connectivity index (χ4v) is 4.65. The number of hydrogen-bond acceptors (Lipinski definition) is 3. The van der Waals surface area contributed by atoms with E-state index in [1.165, 1.54) is 40.8 Å². The average Bonchev–Trinajstić information content (AvgIpc) is 3.12. The van der Waals surface area contributed by atoms with Crippen molar-refractivity contribution in [1.29, 1.82) is 0 Å². The second kappa shape index (κ2) is 6.25. The molecule has 3 heterocycles. The van der Waals surface area contributed by atoms with Gasteiger partial charge in [0.2, 0.25) is 0 Å². The van der Waals surface area contributed by atoms with Gasteiger partial charge in [0.15, 0.2) is 0 Å². The highest BCUT2D eigenvalue weighted by Crippen LogP contribution is 2.39. The Balaban J connectivity index is 1.74. The number of benzene rings is 1. The number of fused-ring (bicyclic) bond motifs is 2. The van der Waals surface area contributed by atoms with Gasteiger partial charge in [-0.2, -0.15) is 5.10 Å². The molecule has 24 heavy (non-hydrogen) atoms. The summed E-state index contributed by atoms with van der Waals surface area (Å²) in [6.45, 7) is 11.3. The van der Waals surface area contributed by atoms with E-state index in [0.717, 1.165) is 26.1 Å². The summed E-state index contributed by atoms with van der Waals surface area (Å²) >= 11 is 0. The highest BCUT2D eigenvalue weighted by molar-refractivity contribution is 5.92. The highest BCUT2D eigenvalue weighted by atomic mass is 15.4. The van der Waals surface area contributed by atoms with Gasteiger partial charge in [-0.15, -0.1) is 0 Å². The van der Waals surface area contributed by atoms with Crippen LogP contribution in [0.25, 0.3) is 10.9 Å². The number of rotatable bonds is 4. The van der Waals surface area contributed by atoms with Gasteiger partial charge in [0.1, 0.15) is 0 Å². The molecule has 2 aliphatic heterocycles. The molecule has 2 aliphatic rings. The first-order chi connectivity index (χ1) is 11.7. The van der Waals surface area contributed by atoms with E-state index in [1.54, 1.807) is 0 Å². The smallest absolute Gasteiger partial charge is 0.0806 e. The molecule has 0 bridgehead atoms. The molecule has 0 aliphatic carbocycles. The van der Waals surface area contributed by atoms with Gasteiger partial charge >= 0.3 is 0 Å². The van der Waals surface area contributed by atoms with Crippen molar-refractivity contribution in [2.45, 2.75) is 46.2 Å². The zero-order valence-electron chi connectivity index (χ0n) is 15.0. The van der Waals surface area contributed by atoms with E-state index in [2.05, 4.69) is 59.9 Å². The molecule has 4 nitrogen and oxygen atoms in total. The first-order valence-corrected chi connectivity index (χ1v) is 9.36. The van der Waals surface area contributed by atoms with Crippen molar-refractivity contribution < 1.29 is 0 Å². The third-order valence-corrected chi connectivity index (χ3v) is 5.76. The van der Waals surface area contributed by atoms with Crippen molar-refractivity contribution in [1.82, 2.24) is 14.9 Å². The first-order valence-electron chi connectivity index (χ1n) is 9.36. The second-order valence-corrected chi connectivity index (χ2v) is 7.13. The number of para-hydroxylation sites is 1. The number of nitrogens with one attached hydrogen (secondary N) is 1. The van der Waals surface area contributed by atoms with Crippen LogP contribution in [0.2, 0.25) is 0 Å². The number of piperidine rings is 1. The Kier molecular flexibility index (Phi) is 4.09. The Bertz CT molecular complexity index is 773. The number of hydrogen-bond donors (Lipinski definition) is 1. The van der Waals surface area contributed by atoms with Crippen molar-refractivity contribution >= 4 is 16.6 Å². The van der Waals surface area contributed by atoms with Crippen molar-refractivity contribution in [3.63, 3.8) is 0 Å². The molecule has 0 saturated carbocycles. The van der Waals surface area contributed by atoms with Crippen LogP contribution in [0.15, 0.2) is 29.4 Å². The van der Waals surface area contributed by atoms with Crippen molar-refractivity contribution in [2.24, 2.45) is 11.0 Å². The van der Waals surface area contributed by atoms with Crippen molar-refractivity contribution in [3.8, 4) is 0 Å². The highest BCUT2D eigenvalue weighted by Gasteiger charge is 2.38. The molecule has 4 rings (SSSR count). The molecule has 2 atom stereocenters. The molecule has 2 unspecified atom stereocenters. The predicted molar refractivity (Wildman–Crippen MR) is 100 cm³/mol. The summed E-state index contributed by atoms with van der Waals surface area (Å²) in [5, 5.41) is 6.11. The second-order valence-electron chi connectivity index (χ2n) is 7.13. The number of aromatic nitrogens is 1. The van der Waals surface area contributed by atoms with E-state index in [1.807, 2.05) is 0 Å². The molecular formula is C20H28N4. The van der Waals surface area contributed by atoms with Crippen LogP contribution in [0, 0.1) is 12.8 Å². The maximum absolute atomic E-state index is 4.72. The number of nitrogens with zero attached hydrogens (tertiary/aromatic N) is 3. The van der Waals surface area contributed by atoms with E-state index in [-0.39, 0.29) is 0 Å². The van der Waals surface area contributed by atoms with E-state index >= 15 is 0 Å². The molecule has 128 valence electrons. The average molecular weight is 324 g/mol. The van der Waals surface area contributed by atoms with Gasteiger partial charge < -0.3 is 14.9 Å². The number of aryl methyl sites for hydroxylation is 1. The molecule has 1 aromatic heterocycles. The Morgan fingerprint density at radius 1 is 1.25 bits per heavy atom. The molecular weight excluding hydrogens is 296 g/mol. The predicted octanol–water partition coefficient (Wildman–Crippen LogP) is 3.70. The molecule has 0 spiro atoms. The van der Waals surface area contributed by atoms with E-state index in [4.69, 9.17) is 5.10 Å². The van der Waals surface area contributed by atoms with Gasteiger partial charge in [0.05, 0.1) is 6.04 Å². The summed E-state index contributed by atoms with van der Waals surface area (Å²) in [4.78, 5) is 2.61. The lowest BCUT2D eigenvalue weighted by Crippen LogP contribution is -2.42. The van der Waals surface area contributed by atoms with Crippen LogP contribution in [-0.2, 0) is 6.54 Å². The monoisotopic (exact) mass is 324 g/mol. The SMILES string of the molecule is CCCN1CCC2=NNC(c3c(C)n(CC)c4ccccc34)C2C1. The summed E-state index contributed by atoms with van der Waals surface area (Å²) < 4.78 is 2.44. The van der Waals surface area contributed by atoms with Crippen molar-refractivity contribution in [2.75, 3.05) is 19.6 Å². The third-order valence-electron chi connectivity index (χ3n) is 5.76. The zero-order chi connectivity index (χ0) is 16.7. The molecule has 0 amide bonds. The summed E-state index contributed by atoms with van der Waals surface area (Å²) in [7, 11) is 0. The Hall–Kier alpha value is -1.81. The maximum atomic E-state index is 4.72. The summed E-state index contributed by atoms with van der Waals surface area (Å²) in [6, 6.07) is 9.14. The molecule has 1 aromatic carbocycles. The normalized spacial score (nSPS) is 24.0. The Labute approximate surface area is 144 Å². The van der Waals surface area contributed by atoms with Crippen LogP contribution >= 0.6 is 0 Å². The van der Waals surface area contributed by atoms with Crippen LogP contribution in [0.5, 0.6) is 0 Å². The summed E-state index contributed by atoms with van der Waals surface area (Å²) in [6.07, 6.45) is 2.34. The van der Waals surface area contributed by atoms with Crippen LogP contribution in [0.3, 0.4) is 0 Å². The van der Waals surface area contributed by atoms with E-state index < -0.39 is 0 Å². The van der Waals surface area contributed by atoms with Gasteiger partial charge in [-0.25, -0.2) is 0 Å². The van der Waals surface area contributed by atoms with E-state index in [0.29, 0.717) is 12.0 Å². The number of hydrazone groups is 1. The minimum atomic E-state index is 0.317. The largest absolute Gasteiger partial charge is 0.345 e. The van der Waals surface area contributed by atoms with Crippen LogP contribution in [-0.4, -0.2) is 34.8 Å². The lowest BCUT2D eigenvalue weighted by Gasteiger charge is -2.33. The topological polar surface area (TPSA) is 32.6 Å². The zero-order valence-corrected chi connectivity index (χ0v) is 15.0. The van der Waals surface area contributed by atoms with Gasteiger partial charge in [-0.05, 0) is 32.9 Å². The molecule has 1 fully saturated rings. The molecule has 0 radical (unpaired) electrons. The molecule has 1 saturated heterocycles. The quantitative estimate of drug-likeness (QED) is 0.930. The molecule has 1 N–H and O–H groups in total. The minimum Gasteiger partial charge on any atom is -0.345 e. The number of likely N-dealkylation sites (tertiary alicyclic amines) is 1. The minimum absolute atomic E-state index is 0.317. The third kappa shape index (κ3) is 2.35. The van der Waals surface area contributed by atoms with Gasteiger partial charge in [0, 0.05) is 59.8 Å².